The lowest BCUT2D eigenvalue weighted by molar-refractivity contribution is -0.228. The van der Waals surface area contributed by atoms with E-state index in [1.807, 2.05) is 0 Å². The molecule has 0 aliphatic carbocycles. The van der Waals surface area contributed by atoms with Gasteiger partial charge in [0.25, 0.3) is 0 Å². The minimum absolute atomic E-state index is 0.0428. The highest BCUT2D eigenvalue weighted by Crippen LogP contribution is 2.09. The lowest BCUT2D eigenvalue weighted by Crippen LogP contribution is -2.40. The molecule has 2 heterocycles. The van der Waals surface area contributed by atoms with Crippen LogP contribution < -0.4 is 5.53 Å². The van der Waals surface area contributed by atoms with E-state index in [-0.39, 0.29) is 5.69 Å². The Morgan fingerprint density at radius 2 is 2.25 bits per heavy atom. The second-order valence-electron chi connectivity index (χ2n) is 3.09. The average Bonchev–Trinajstić information content (AvgIpc) is 2.60. The second kappa shape index (κ2) is 3.76. The highest BCUT2D eigenvalue weighted by atomic mass is 16.6. The van der Waals surface area contributed by atoms with Gasteiger partial charge in [0.1, 0.15) is 5.69 Å². The topological polar surface area (TPSA) is 101 Å². The number of nitrogens with one attached hydrogen (secondary N) is 1. The number of aromatic nitrogens is 1. The molecule has 0 saturated carbocycles. The molecule has 3 N–H and O–H groups in total. The van der Waals surface area contributed by atoms with Gasteiger partial charge in [-0.05, 0) is 12.1 Å². The minimum Gasteiger partial charge on any atom is -0.477 e. The number of carbonyl (C=O) groups is 1. The summed E-state index contributed by atoms with van der Waals surface area (Å²) in [4.78, 5) is 14.3. The molecule has 1 aliphatic rings. The van der Waals surface area contributed by atoms with Crippen molar-refractivity contribution in [3.63, 3.8) is 0 Å². The first-order valence-corrected chi connectivity index (χ1v) is 4.35. The number of carboxylic acids is 1. The number of hydrogen-bond donors (Lipinski definition) is 3. The fourth-order valence-electron chi connectivity index (χ4n) is 1.23. The summed E-state index contributed by atoms with van der Waals surface area (Å²) in [6.45, 7) is 0. The summed E-state index contributed by atoms with van der Waals surface area (Å²) in [6.07, 6.45) is 1.37. The fraction of sp³-hybridized carbons (Fsp3) is 0.125. The summed E-state index contributed by atoms with van der Waals surface area (Å²) < 4.78 is 0. The van der Waals surface area contributed by atoms with E-state index < -0.39 is 5.97 Å². The zero-order valence-corrected chi connectivity index (χ0v) is 8.32. The zero-order valence-electron chi connectivity index (χ0n) is 8.32. The standard InChI is InChI=1S/C8H9N5O3/c1-12-7(10-11-13(12)16)5-2-3-6(8(14)15)9-4-5/h2-4,11,16H,1H3,(H,14,15). The first-order chi connectivity index (χ1) is 7.59. The van der Waals surface area contributed by atoms with Crippen LogP contribution in [0.2, 0.25) is 0 Å². The molecule has 0 unspecified atom stereocenters. The van der Waals surface area contributed by atoms with E-state index in [2.05, 4.69) is 15.6 Å². The molecule has 1 aromatic rings. The van der Waals surface area contributed by atoms with Gasteiger partial charge in [-0.2, -0.15) is 5.53 Å². The predicted octanol–water partition coefficient (Wildman–Crippen LogP) is -0.502. The summed E-state index contributed by atoms with van der Waals surface area (Å²) in [7, 11) is 1.59. The number of hydrazone groups is 1. The molecule has 2 rings (SSSR count). The van der Waals surface area contributed by atoms with Crippen molar-refractivity contribution in [3.05, 3.63) is 29.6 Å². The first-order valence-electron chi connectivity index (χ1n) is 4.35. The van der Waals surface area contributed by atoms with E-state index in [0.29, 0.717) is 16.7 Å². The molecule has 0 spiro atoms. The van der Waals surface area contributed by atoms with Crippen LogP contribution in [0, 0.1) is 0 Å². The Morgan fingerprint density at radius 1 is 1.50 bits per heavy atom. The van der Waals surface area contributed by atoms with Crippen molar-refractivity contribution in [2.75, 3.05) is 7.05 Å². The molecular formula is C8H9N5O3. The van der Waals surface area contributed by atoms with Gasteiger partial charge in [-0.15, -0.1) is 5.10 Å². The normalized spacial score (nSPS) is 15.9. The van der Waals surface area contributed by atoms with Gasteiger partial charge >= 0.3 is 5.97 Å². The third kappa shape index (κ3) is 1.66. The molecule has 16 heavy (non-hydrogen) atoms. The Kier molecular flexibility index (Phi) is 2.43. The molecule has 0 amide bonds. The van der Waals surface area contributed by atoms with Gasteiger partial charge in [-0.25, -0.2) is 14.8 Å². The monoisotopic (exact) mass is 223 g/mol. The SMILES string of the molecule is CN1C(c2ccc(C(=O)O)nc2)=NNN1O. The molecular weight excluding hydrogens is 214 g/mol. The minimum atomic E-state index is -1.09. The van der Waals surface area contributed by atoms with Crippen LogP contribution in [0.1, 0.15) is 16.1 Å². The number of carboxylic acid groups (broad SMARTS) is 1. The van der Waals surface area contributed by atoms with Gasteiger partial charge in [-0.3, -0.25) is 5.21 Å². The maximum absolute atomic E-state index is 10.6. The van der Waals surface area contributed by atoms with Gasteiger partial charge in [0.2, 0.25) is 0 Å². The van der Waals surface area contributed by atoms with Crippen molar-refractivity contribution >= 4 is 11.8 Å². The number of amidine groups is 1. The summed E-state index contributed by atoms with van der Waals surface area (Å²) in [5.74, 6) is -0.651. The van der Waals surface area contributed by atoms with Gasteiger partial charge in [-0.1, -0.05) is 0 Å². The molecule has 0 aromatic carbocycles. The Morgan fingerprint density at radius 3 is 2.69 bits per heavy atom. The average molecular weight is 223 g/mol. The largest absolute Gasteiger partial charge is 0.477 e. The highest BCUT2D eigenvalue weighted by molar-refractivity contribution is 5.98. The van der Waals surface area contributed by atoms with E-state index >= 15 is 0 Å². The van der Waals surface area contributed by atoms with E-state index in [4.69, 9.17) is 5.11 Å². The third-order valence-electron chi connectivity index (χ3n) is 2.08. The Labute approximate surface area is 90.3 Å². The predicted molar refractivity (Wildman–Crippen MR) is 52.3 cm³/mol. The molecule has 1 aromatic heterocycles. The van der Waals surface area contributed by atoms with E-state index in [1.54, 1.807) is 13.1 Å². The Hall–Kier alpha value is -2.19. The van der Waals surface area contributed by atoms with Crippen LogP contribution in [0.25, 0.3) is 0 Å². The smallest absolute Gasteiger partial charge is 0.354 e. The third-order valence-corrected chi connectivity index (χ3v) is 2.08. The Balaban J connectivity index is 2.26. The molecule has 1 aliphatic heterocycles. The van der Waals surface area contributed by atoms with Gasteiger partial charge < -0.3 is 5.11 Å². The van der Waals surface area contributed by atoms with Crippen molar-refractivity contribution in [1.29, 1.82) is 0 Å². The van der Waals surface area contributed by atoms with Crippen LogP contribution in [0.5, 0.6) is 0 Å². The number of rotatable bonds is 2. The summed E-state index contributed by atoms with van der Waals surface area (Å²) in [5.41, 5.74) is 2.87. The van der Waals surface area contributed by atoms with Crippen LogP contribution in [-0.4, -0.2) is 44.4 Å². The van der Waals surface area contributed by atoms with Crippen molar-refractivity contribution in [1.82, 2.24) is 20.8 Å². The number of aromatic carboxylic acids is 1. The van der Waals surface area contributed by atoms with Crippen LogP contribution in [-0.2, 0) is 0 Å². The summed E-state index contributed by atoms with van der Waals surface area (Å²) in [6, 6.07) is 2.93. The molecule has 0 bridgehead atoms. The van der Waals surface area contributed by atoms with E-state index in [0.717, 1.165) is 0 Å². The van der Waals surface area contributed by atoms with Crippen LogP contribution in [0.15, 0.2) is 23.4 Å². The number of nitrogens with zero attached hydrogens (tertiary/aromatic N) is 4. The molecule has 84 valence electrons. The van der Waals surface area contributed by atoms with E-state index in [9.17, 15) is 10.0 Å². The van der Waals surface area contributed by atoms with E-state index in [1.165, 1.54) is 17.3 Å². The molecule has 8 heteroatoms. The maximum atomic E-state index is 10.6. The number of hydrogen-bond acceptors (Lipinski definition) is 7. The second-order valence-corrected chi connectivity index (χ2v) is 3.09. The lowest BCUT2D eigenvalue weighted by atomic mass is 10.2. The highest BCUT2D eigenvalue weighted by Gasteiger charge is 2.21. The first kappa shape index (κ1) is 10.3. The van der Waals surface area contributed by atoms with Crippen LogP contribution in [0.3, 0.4) is 0 Å². The zero-order chi connectivity index (χ0) is 11.7. The number of hydrazine groups is 2. The van der Waals surface area contributed by atoms with Gasteiger partial charge in [0.15, 0.2) is 5.84 Å². The van der Waals surface area contributed by atoms with Gasteiger partial charge in [0.05, 0.1) is 0 Å². The quantitative estimate of drug-likeness (QED) is 0.621. The molecule has 0 atom stereocenters. The van der Waals surface area contributed by atoms with Gasteiger partial charge in [0, 0.05) is 24.1 Å². The summed E-state index contributed by atoms with van der Waals surface area (Å²) >= 11 is 0. The Bertz CT molecular complexity index is 443. The van der Waals surface area contributed by atoms with Crippen molar-refractivity contribution < 1.29 is 15.1 Å². The number of pyridine rings is 1. The molecule has 0 saturated heterocycles. The van der Waals surface area contributed by atoms with Crippen molar-refractivity contribution in [2.24, 2.45) is 5.10 Å². The van der Waals surface area contributed by atoms with Crippen molar-refractivity contribution in [2.45, 2.75) is 0 Å². The lowest BCUT2D eigenvalue weighted by Gasteiger charge is -2.17. The molecule has 0 radical (unpaired) electrons. The summed E-state index contributed by atoms with van der Waals surface area (Å²) in [5, 5.41) is 23.7. The molecule has 0 fully saturated rings. The fourth-order valence-corrected chi connectivity index (χ4v) is 1.23. The van der Waals surface area contributed by atoms with Crippen molar-refractivity contribution in [3.8, 4) is 0 Å². The van der Waals surface area contributed by atoms with Crippen LogP contribution >= 0.6 is 0 Å². The van der Waals surface area contributed by atoms with Crippen LogP contribution in [0.4, 0.5) is 0 Å². The maximum Gasteiger partial charge on any atom is 0.354 e. The molecule has 8 nitrogen and oxygen atoms in total.